The van der Waals surface area contributed by atoms with Crippen molar-refractivity contribution < 1.29 is 17.6 Å². The van der Waals surface area contributed by atoms with Crippen molar-refractivity contribution in [1.82, 2.24) is 20.5 Å². The smallest absolute Gasteiger partial charge is 0.375 e. The van der Waals surface area contributed by atoms with Crippen LogP contribution in [-0.4, -0.2) is 59.0 Å². The van der Waals surface area contributed by atoms with Crippen LogP contribution in [0.5, 0.6) is 0 Å². The van der Waals surface area contributed by atoms with Crippen LogP contribution in [0.2, 0.25) is 0 Å². The first-order valence-corrected chi connectivity index (χ1v) is 13.8. The van der Waals surface area contributed by atoms with Gasteiger partial charge in [0.15, 0.2) is 0 Å². The Morgan fingerprint density at radius 2 is 1.93 bits per heavy atom. The van der Waals surface area contributed by atoms with Gasteiger partial charge in [0.2, 0.25) is 0 Å². The van der Waals surface area contributed by atoms with Gasteiger partial charge in [-0.3, -0.25) is 9.98 Å². The van der Waals surface area contributed by atoms with E-state index in [9.17, 15) is 17.6 Å². The molecular weight excluding hydrogens is 522 g/mol. The molecule has 1 saturated carbocycles. The molecule has 3 N–H and O–H groups in total. The molecule has 7 nitrogen and oxygen atoms in total. The van der Waals surface area contributed by atoms with Crippen LogP contribution in [0.4, 0.5) is 23.4 Å². The van der Waals surface area contributed by atoms with E-state index >= 15 is 0 Å². The quantitative estimate of drug-likeness (QED) is 0.288. The summed E-state index contributed by atoms with van der Waals surface area (Å²) in [5.74, 6) is 0.912. The zero-order valence-electron chi connectivity index (χ0n) is 23.2. The summed E-state index contributed by atoms with van der Waals surface area (Å²) in [6, 6.07) is 1.45. The minimum atomic E-state index is -4.36. The summed E-state index contributed by atoms with van der Waals surface area (Å²) in [7, 11) is 0. The lowest BCUT2D eigenvalue weighted by Gasteiger charge is -2.35. The van der Waals surface area contributed by atoms with Gasteiger partial charge in [0, 0.05) is 18.4 Å². The van der Waals surface area contributed by atoms with Crippen molar-refractivity contribution in [2.75, 3.05) is 18.5 Å². The molecule has 0 amide bonds. The van der Waals surface area contributed by atoms with E-state index in [-0.39, 0.29) is 30.4 Å². The maximum Gasteiger partial charge on any atom is 0.410 e. The lowest BCUT2D eigenvalue weighted by molar-refractivity contribution is -0.150. The van der Waals surface area contributed by atoms with Crippen molar-refractivity contribution >= 4 is 17.2 Å². The van der Waals surface area contributed by atoms with Crippen LogP contribution in [0, 0.1) is 5.92 Å². The van der Waals surface area contributed by atoms with Crippen molar-refractivity contribution in [1.29, 1.82) is 0 Å². The second-order valence-electron chi connectivity index (χ2n) is 10.8. The summed E-state index contributed by atoms with van der Waals surface area (Å²) >= 11 is 0. The van der Waals surface area contributed by atoms with Gasteiger partial charge in [-0.25, -0.2) is 9.37 Å². The molecule has 1 aliphatic carbocycles. The first-order valence-electron chi connectivity index (χ1n) is 13.8. The molecule has 40 heavy (non-hydrogen) atoms. The molecule has 0 aromatic carbocycles. The maximum absolute atomic E-state index is 14.0. The van der Waals surface area contributed by atoms with E-state index in [0.717, 1.165) is 23.4 Å². The molecule has 3 heterocycles. The highest BCUT2D eigenvalue weighted by Crippen LogP contribution is 2.36. The third kappa shape index (κ3) is 6.85. The van der Waals surface area contributed by atoms with Crippen LogP contribution in [0.1, 0.15) is 64.0 Å². The van der Waals surface area contributed by atoms with Crippen LogP contribution in [0.15, 0.2) is 65.3 Å². The Balaban J connectivity index is 1.53. The fourth-order valence-corrected chi connectivity index (χ4v) is 5.75. The largest absolute Gasteiger partial charge is 0.410 e. The van der Waals surface area contributed by atoms with E-state index in [1.807, 2.05) is 26.0 Å². The van der Waals surface area contributed by atoms with Gasteiger partial charge >= 0.3 is 6.18 Å². The monoisotopic (exact) mass is 561 g/mol. The molecule has 4 rings (SSSR count). The van der Waals surface area contributed by atoms with Crippen LogP contribution in [-0.2, 0) is 0 Å². The normalized spacial score (nSPS) is 24.6. The number of anilines is 1. The first-order chi connectivity index (χ1) is 19.0. The van der Waals surface area contributed by atoms with E-state index in [0.29, 0.717) is 56.0 Å². The summed E-state index contributed by atoms with van der Waals surface area (Å²) in [6.45, 7) is 16.4. The average molecular weight is 562 g/mol. The molecular formula is C29H39F4N7. The van der Waals surface area contributed by atoms with Crippen LogP contribution >= 0.6 is 0 Å². The van der Waals surface area contributed by atoms with Gasteiger partial charge < -0.3 is 20.9 Å². The predicted octanol–water partition coefficient (Wildman–Crippen LogP) is 6.03. The molecule has 11 heteroatoms. The van der Waals surface area contributed by atoms with E-state index < -0.39 is 18.4 Å². The summed E-state index contributed by atoms with van der Waals surface area (Å²) in [4.78, 5) is 14.9. The maximum atomic E-state index is 14.0. The minimum absolute atomic E-state index is 0.123. The average Bonchev–Trinajstić information content (AvgIpc) is 3.52. The first kappa shape index (κ1) is 29.6. The number of nitrogens with zero attached hydrogens (tertiary/aromatic N) is 4. The standard InChI is InChI=1S/C29H39F4N7/c1-6-7-24(40-15-25(29(31,32)33)39-20(40)5)22-12-13-34-26(14-22)37-19(4)28(21-8-10-23(30)11-9-21)38-18(3)27-17(2)35-16-36-27/h12-14,21,23-25,28,38-39H,3-11,15-16H2,1-2H3,(H,34,37). The van der Waals surface area contributed by atoms with Gasteiger partial charge in [0.1, 0.15) is 30.4 Å². The number of hydrogen-bond acceptors (Lipinski definition) is 7. The third-order valence-electron chi connectivity index (χ3n) is 7.90. The Kier molecular flexibility index (Phi) is 9.20. The third-order valence-corrected chi connectivity index (χ3v) is 7.90. The van der Waals surface area contributed by atoms with Crippen LogP contribution in [0.3, 0.4) is 0 Å². The molecule has 3 unspecified atom stereocenters. The second-order valence-corrected chi connectivity index (χ2v) is 10.8. The Morgan fingerprint density at radius 1 is 1.20 bits per heavy atom. The number of aromatic nitrogens is 1. The number of pyridine rings is 1. The number of nitrogens with one attached hydrogen (secondary N) is 3. The Morgan fingerprint density at radius 3 is 2.52 bits per heavy atom. The van der Waals surface area contributed by atoms with Crippen molar-refractivity contribution in [2.45, 2.75) is 82.8 Å². The zero-order valence-corrected chi connectivity index (χ0v) is 23.2. The van der Waals surface area contributed by atoms with Gasteiger partial charge in [0.05, 0.1) is 29.3 Å². The number of hydrogen-bond donors (Lipinski definition) is 3. The predicted molar refractivity (Wildman–Crippen MR) is 152 cm³/mol. The van der Waals surface area contributed by atoms with E-state index in [4.69, 9.17) is 0 Å². The van der Waals surface area contributed by atoms with Crippen LogP contribution < -0.4 is 16.0 Å². The lowest BCUT2D eigenvalue weighted by atomic mass is 9.81. The number of rotatable bonds is 11. The molecule has 1 saturated heterocycles. The fourth-order valence-electron chi connectivity index (χ4n) is 5.75. The molecule has 0 radical (unpaired) electrons. The number of allylic oxidation sites excluding steroid dienone is 1. The SMILES string of the molecule is C=C(NC(C(=C)Nc1cc(C(CCC)N2CC(C(F)(F)F)NC2=C)ccn1)C1CCC(F)CC1)C1=NCN=C1C. The van der Waals surface area contributed by atoms with Gasteiger partial charge in [-0.1, -0.05) is 33.1 Å². The van der Waals surface area contributed by atoms with Crippen molar-refractivity contribution in [3.8, 4) is 0 Å². The van der Waals surface area contributed by atoms with E-state index in [1.54, 1.807) is 11.1 Å². The molecule has 0 spiro atoms. The van der Waals surface area contributed by atoms with Gasteiger partial charge in [0.25, 0.3) is 0 Å². The lowest BCUT2D eigenvalue weighted by Crippen LogP contribution is -2.43. The summed E-state index contributed by atoms with van der Waals surface area (Å²) in [5, 5.41) is 9.29. The Labute approximate surface area is 233 Å². The number of halogens is 4. The van der Waals surface area contributed by atoms with Gasteiger partial charge in [-0.15, -0.1) is 0 Å². The summed E-state index contributed by atoms with van der Waals surface area (Å²) in [6.07, 6.45) is 0.284. The minimum Gasteiger partial charge on any atom is -0.375 e. The van der Waals surface area contributed by atoms with Gasteiger partial charge in [-0.2, -0.15) is 13.2 Å². The Bertz CT molecular complexity index is 1170. The highest BCUT2D eigenvalue weighted by Gasteiger charge is 2.46. The van der Waals surface area contributed by atoms with Crippen molar-refractivity contribution in [3.63, 3.8) is 0 Å². The molecule has 1 aromatic heterocycles. The van der Waals surface area contributed by atoms with Crippen molar-refractivity contribution in [2.24, 2.45) is 15.9 Å². The Hall–Kier alpha value is -3.37. The molecule has 3 atom stereocenters. The second kappa shape index (κ2) is 12.4. The molecule has 0 bridgehead atoms. The van der Waals surface area contributed by atoms with Crippen LogP contribution in [0.25, 0.3) is 0 Å². The highest BCUT2D eigenvalue weighted by molar-refractivity contribution is 6.48. The topological polar surface area (TPSA) is 76.9 Å². The molecule has 3 aliphatic rings. The fraction of sp³-hybridized carbons (Fsp3) is 0.552. The molecule has 218 valence electrons. The van der Waals surface area contributed by atoms with E-state index in [1.165, 1.54) is 0 Å². The summed E-state index contributed by atoms with van der Waals surface area (Å²) in [5.41, 5.74) is 3.65. The summed E-state index contributed by atoms with van der Waals surface area (Å²) < 4.78 is 54.2. The number of aliphatic imine (C=N–C) groups is 2. The highest BCUT2D eigenvalue weighted by atomic mass is 19.4. The van der Waals surface area contributed by atoms with Gasteiger partial charge in [-0.05, 0) is 62.6 Å². The van der Waals surface area contributed by atoms with E-state index in [2.05, 4.69) is 50.7 Å². The van der Waals surface area contributed by atoms with Crippen molar-refractivity contribution in [3.05, 3.63) is 60.8 Å². The number of alkyl halides is 4. The molecule has 1 aromatic rings. The zero-order chi connectivity index (χ0) is 29.0. The molecule has 2 aliphatic heterocycles. The molecule has 2 fully saturated rings.